The molecule has 0 spiro atoms. The molecule has 0 aliphatic rings. The van der Waals surface area contributed by atoms with E-state index in [4.69, 9.17) is 14.0 Å². The van der Waals surface area contributed by atoms with Gasteiger partial charge < -0.3 is 19.3 Å². The third-order valence-electron chi connectivity index (χ3n) is 2.73. The molecular formula is C15H16N2O4. The van der Waals surface area contributed by atoms with Crippen molar-refractivity contribution in [1.29, 1.82) is 0 Å². The summed E-state index contributed by atoms with van der Waals surface area (Å²) in [5.41, 5.74) is 0.739. The third-order valence-corrected chi connectivity index (χ3v) is 2.73. The second-order valence-electron chi connectivity index (χ2n) is 4.25. The molecule has 1 amide bonds. The van der Waals surface area contributed by atoms with Gasteiger partial charge in [0.1, 0.15) is 17.3 Å². The number of carbonyl (C=O) groups excluding carboxylic acids is 1. The van der Waals surface area contributed by atoms with E-state index in [-0.39, 0.29) is 5.91 Å². The molecule has 0 saturated heterocycles. The van der Waals surface area contributed by atoms with Gasteiger partial charge in [-0.1, -0.05) is 5.16 Å². The van der Waals surface area contributed by atoms with E-state index in [0.29, 0.717) is 23.1 Å². The smallest absolute Gasteiger partial charge is 0.249 e. The number of benzene rings is 1. The van der Waals surface area contributed by atoms with Gasteiger partial charge in [0, 0.05) is 17.7 Å². The van der Waals surface area contributed by atoms with Gasteiger partial charge in [-0.05, 0) is 31.2 Å². The van der Waals surface area contributed by atoms with Gasteiger partial charge in [-0.2, -0.15) is 0 Å². The van der Waals surface area contributed by atoms with Gasteiger partial charge in [0.2, 0.25) is 5.91 Å². The number of hydrogen-bond acceptors (Lipinski definition) is 5. The number of ether oxygens (including phenoxy) is 2. The summed E-state index contributed by atoms with van der Waals surface area (Å²) in [4.78, 5) is 11.8. The summed E-state index contributed by atoms with van der Waals surface area (Å²) in [7, 11) is 3.15. The van der Waals surface area contributed by atoms with Gasteiger partial charge in [0.15, 0.2) is 5.82 Å². The van der Waals surface area contributed by atoms with Gasteiger partial charge >= 0.3 is 0 Å². The highest BCUT2D eigenvalue weighted by molar-refractivity contribution is 6.01. The fourth-order valence-electron chi connectivity index (χ4n) is 1.73. The Morgan fingerprint density at radius 2 is 2.10 bits per heavy atom. The van der Waals surface area contributed by atoms with Crippen LogP contribution in [0, 0.1) is 6.92 Å². The summed E-state index contributed by atoms with van der Waals surface area (Å²) in [6, 6.07) is 6.98. The molecular weight excluding hydrogens is 272 g/mol. The maximum atomic E-state index is 11.8. The Morgan fingerprint density at radius 3 is 2.71 bits per heavy atom. The van der Waals surface area contributed by atoms with Crippen LogP contribution in [0.15, 0.2) is 34.9 Å². The molecule has 2 aromatic rings. The number of aryl methyl sites for hydroxylation is 1. The summed E-state index contributed by atoms with van der Waals surface area (Å²) < 4.78 is 15.2. The first kappa shape index (κ1) is 14.6. The van der Waals surface area contributed by atoms with Crippen molar-refractivity contribution in [3.63, 3.8) is 0 Å². The molecule has 0 radical (unpaired) electrons. The predicted octanol–water partition coefficient (Wildman–Crippen LogP) is 2.65. The molecule has 0 unspecified atom stereocenters. The monoisotopic (exact) mass is 288 g/mol. The molecule has 0 aliphatic heterocycles. The Bertz CT molecular complexity index is 661. The third kappa shape index (κ3) is 3.85. The molecule has 0 fully saturated rings. The summed E-state index contributed by atoms with van der Waals surface area (Å²) in [6.07, 6.45) is 3.03. The van der Waals surface area contributed by atoms with Crippen molar-refractivity contribution in [3.05, 3.63) is 41.7 Å². The maximum absolute atomic E-state index is 11.8. The zero-order chi connectivity index (χ0) is 15.2. The normalized spacial score (nSPS) is 10.6. The maximum Gasteiger partial charge on any atom is 0.249 e. The Balaban J connectivity index is 2.10. The molecule has 0 aliphatic carbocycles. The van der Waals surface area contributed by atoms with E-state index in [2.05, 4.69) is 10.5 Å². The number of carbonyl (C=O) groups is 1. The van der Waals surface area contributed by atoms with Gasteiger partial charge in [0.05, 0.1) is 14.2 Å². The van der Waals surface area contributed by atoms with Gasteiger partial charge in [-0.3, -0.25) is 4.79 Å². The molecule has 6 nitrogen and oxygen atoms in total. The molecule has 1 aromatic carbocycles. The van der Waals surface area contributed by atoms with Crippen molar-refractivity contribution in [3.8, 4) is 11.5 Å². The number of hydrogen-bond donors (Lipinski definition) is 1. The minimum Gasteiger partial charge on any atom is -0.497 e. The molecule has 0 atom stereocenters. The lowest BCUT2D eigenvalue weighted by Gasteiger charge is -2.07. The number of amides is 1. The molecule has 0 bridgehead atoms. The van der Waals surface area contributed by atoms with E-state index < -0.39 is 0 Å². The number of rotatable bonds is 5. The lowest BCUT2D eigenvalue weighted by atomic mass is 10.1. The van der Waals surface area contributed by atoms with Crippen LogP contribution < -0.4 is 14.8 Å². The zero-order valence-corrected chi connectivity index (χ0v) is 12.0. The topological polar surface area (TPSA) is 73.6 Å². The molecule has 1 aromatic heterocycles. The van der Waals surface area contributed by atoms with Crippen molar-refractivity contribution >= 4 is 17.8 Å². The number of methoxy groups -OCH3 is 2. The Kier molecular flexibility index (Phi) is 4.61. The van der Waals surface area contributed by atoms with Crippen LogP contribution in [-0.4, -0.2) is 25.3 Å². The highest BCUT2D eigenvalue weighted by Crippen LogP contribution is 2.25. The summed E-state index contributed by atoms with van der Waals surface area (Å²) in [5.74, 6) is 2.02. The molecule has 110 valence electrons. The second kappa shape index (κ2) is 6.60. The fourth-order valence-corrected chi connectivity index (χ4v) is 1.73. The van der Waals surface area contributed by atoms with Crippen molar-refractivity contribution in [2.75, 3.05) is 19.5 Å². The largest absolute Gasteiger partial charge is 0.497 e. The first-order chi connectivity index (χ1) is 10.1. The molecule has 6 heteroatoms. The van der Waals surface area contributed by atoms with Crippen molar-refractivity contribution in [2.24, 2.45) is 0 Å². The Hall–Kier alpha value is -2.76. The van der Waals surface area contributed by atoms with E-state index >= 15 is 0 Å². The van der Waals surface area contributed by atoms with Crippen LogP contribution in [-0.2, 0) is 4.79 Å². The van der Waals surface area contributed by atoms with Crippen LogP contribution >= 0.6 is 0 Å². The zero-order valence-electron chi connectivity index (χ0n) is 12.0. The number of aromatic nitrogens is 1. The highest BCUT2D eigenvalue weighted by Gasteiger charge is 2.05. The van der Waals surface area contributed by atoms with Crippen LogP contribution in [0.2, 0.25) is 0 Å². The van der Waals surface area contributed by atoms with Crippen molar-refractivity contribution in [2.45, 2.75) is 6.92 Å². The van der Waals surface area contributed by atoms with Crippen LogP contribution in [0.25, 0.3) is 6.08 Å². The van der Waals surface area contributed by atoms with Crippen LogP contribution in [0.3, 0.4) is 0 Å². The van der Waals surface area contributed by atoms with Gasteiger partial charge in [0.25, 0.3) is 0 Å². The van der Waals surface area contributed by atoms with Gasteiger partial charge in [-0.25, -0.2) is 0 Å². The highest BCUT2D eigenvalue weighted by atomic mass is 16.5. The van der Waals surface area contributed by atoms with Crippen LogP contribution in [0.4, 0.5) is 5.82 Å². The predicted molar refractivity (Wildman–Crippen MR) is 78.4 cm³/mol. The van der Waals surface area contributed by atoms with E-state index in [1.807, 2.05) is 0 Å². The summed E-state index contributed by atoms with van der Waals surface area (Å²) >= 11 is 0. The lowest BCUT2D eigenvalue weighted by molar-refractivity contribution is -0.111. The molecule has 1 N–H and O–H groups in total. The lowest BCUT2D eigenvalue weighted by Crippen LogP contribution is -2.07. The van der Waals surface area contributed by atoms with Crippen LogP contribution in [0.5, 0.6) is 11.5 Å². The van der Waals surface area contributed by atoms with Gasteiger partial charge in [-0.15, -0.1) is 0 Å². The first-order valence-corrected chi connectivity index (χ1v) is 6.27. The second-order valence-corrected chi connectivity index (χ2v) is 4.25. The average molecular weight is 288 g/mol. The summed E-state index contributed by atoms with van der Waals surface area (Å²) in [6.45, 7) is 1.75. The molecule has 21 heavy (non-hydrogen) atoms. The summed E-state index contributed by atoms with van der Waals surface area (Å²) in [5, 5.41) is 6.28. The SMILES string of the molecule is COc1ccc(OC)c(/C=C/C(=O)Nc2cc(C)on2)c1. The Morgan fingerprint density at radius 1 is 1.29 bits per heavy atom. The number of anilines is 1. The molecule has 1 heterocycles. The van der Waals surface area contributed by atoms with E-state index in [9.17, 15) is 4.79 Å². The van der Waals surface area contributed by atoms with E-state index in [1.165, 1.54) is 6.08 Å². The minimum absolute atomic E-state index is 0.312. The molecule has 0 saturated carbocycles. The minimum atomic E-state index is -0.312. The fraction of sp³-hybridized carbons (Fsp3) is 0.200. The average Bonchev–Trinajstić information content (AvgIpc) is 2.89. The van der Waals surface area contributed by atoms with E-state index in [0.717, 1.165) is 5.56 Å². The quantitative estimate of drug-likeness (QED) is 0.856. The molecule has 2 rings (SSSR count). The van der Waals surface area contributed by atoms with Crippen molar-refractivity contribution in [1.82, 2.24) is 5.16 Å². The van der Waals surface area contributed by atoms with Crippen molar-refractivity contribution < 1.29 is 18.8 Å². The Labute approximate surface area is 122 Å². The van der Waals surface area contributed by atoms with E-state index in [1.54, 1.807) is 51.5 Å². The number of nitrogens with zero attached hydrogens (tertiary/aromatic N) is 1. The standard InChI is InChI=1S/C15H16N2O4/c1-10-8-14(17-21-10)16-15(18)7-4-11-9-12(19-2)5-6-13(11)20-3/h4-9H,1-3H3,(H,16,17,18)/b7-4+. The van der Waals surface area contributed by atoms with Crippen LogP contribution in [0.1, 0.15) is 11.3 Å². The first-order valence-electron chi connectivity index (χ1n) is 6.27. The number of nitrogens with one attached hydrogen (secondary N) is 1.